The van der Waals surface area contributed by atoms with Crippen molar-refractivity contribution in [1.82, 2.24) is 5.43 Å². The number of nitrogens with one attached hydrogen (secondary N) is 1. The average Bonchev–Trinajstić information content (AvgIpc) is 2.19. The lowest BCUT2D eigenvalue weighted by Crippen LogP contribution is -2.04. The number of hydrogen-bond acceptors (Lipinski definition) is 3. The van der Waals surface area contributed by atoms with Crippen LogP contribution >= 0.6 is 0 Å². The molecule has 0 aliphatic carbocycles. The van der Waals surface area contributed by atoms with Gasteiger partial charge < -0.3 is 5.11 Å². The zero-order chi connectivity index (χ0) is 10.4. The molecule has 14 heavy (non-hydrogen) atoms. The number of carboxylic acid groups (broad SMARTS) is 1. The van der Waals surface area contributed by atoms with Crippen LogP contribution in [0.3, 0.4) is 0 Å². The molecule has 0 unspecified atom stereocenters. The third kappa shape index (κ3) is 2.41. The maximum Gasteiger partial charge on any atom is 0.336 e. The van der Waals surface area contributed by atoms with Crippen molar-refractivity contribution in [3.63, 3.8) is 0 Å². The molecule has 1 aromatic rings. The summed E-state index contributed by atoms with van der Waals surface area (Å²) in [5.74, 6) is -1.03. The maximum absolute atomic E-state index is 10.7. The third-order valence-electron chi connectivity index (χ3n) is 1.52. The summed E-state index contributed by atoms with van der Waals surface area (Å²) >= 11 is 0. The third-order valence-corrected chi connectivity index (χ3v) is 1.52. The topological polar surface area (TPSA) is 78.8 Å². The van der Waals surface area contributed by atoms with Gasteiger partial charge in [-0.3, -0.25) is 4.79 Å². The van der Waals surface area contributed by atoms with Crippen LogP contribution in [0.2, 0.25) is 0 Å². The predicted octanol–water partition coefficient (Wildman–Crippen LogP) is 0.465. The van der Waals surface area contributed by atoms with Crippen molar-refractivity contribution < 1.29 is 14.7 Å². The summed E-state index contributed by atoms with van der Waals surface area (Å²) in [7, 11) is 0. The van der Waals surface area contributed by atoms with E-state index in [-0.39, 0.29) is 5.56 Å². The molecule has 1 amide bonds. The van der Waals surface area contributed by atoms with Gasteiger partial charge in [-0.1, -0.05) is 18.2 Å². The lowest BCUT2D eigenvalue weighted by Gasteiger charge is -1.98. The molecule has 5 nitrogen and oxygen atoms in total. The smallest absolute Gasteiger partial charge is 0.336 e. The molecule has 72 valence electrons. The van der Waals surface area contributed by atoms with Crippen LogP contribution in [0.25, 0.3) is 0 Å². The molecule has 1 rings (SSSR count). The molecule has 0 heterocycles. The van der Waals surface area contributed by atoms with E-state index < -0.39 is 5.97 Å². The van der Waals surface area contributed by atoms with Gasteiger partial charge in [0.2, 0.25) is 6.41 Å². The lowest BCUT2D eigenvalue weighted by atomic mass is 10.1. The number of amides is 1. The van der Waals surface area contributed by atoms with Crippen LogP contribution in [-0.2, 0) is 4.79 Å². The Morgan fingerprint density at radius 2 is 2.14 bits per heavy atom. The number of aromatic carboxylic acids is 1. The van der Waals surface area contributed by atoms with Crippen LogP contribution < -0.4 is 5.43 Å². The zero-order valence-electron chi connectivity index (χ0n) is 7.18. The normalized spacial score (nSPS) is 10.0. The fourth-order valence-electron chi connectivity index (χ4n) is 0.942. The van der Waals surface area contributed by atoms with Gasteiger partial charge in [0.15, 0.2) is 0 Å². The molecule has 0 bridgehead atoms. The summed E-state index contributed by atoms with van der Waals surface area (Å²) in [5, 5.41) is 12.3. The second-order valence-corrected chi connectivity index (χ2v) is 2.40. The Morgan fingerprint density at radius 3 is 2.79 bits per heavy atom. The van der Waals surface area contributed by atoms with Gasteiger partial charge in [-0.25, -0.2) is 10.2 Å². The average molecular weight is 192 g/mol. The Labute approximate surface area is 80.1 Å². The Bertz CT molecular complexity index is 374. The van der Waals surface area contributed by atoms with E-state index in [0.717, 1.165) is 0 Å². The Kier molecular flexibility index (Phi) is 3.37. The molecule has 0 aliphatic heterocycles. The van der Waals surface area contributed by atoms with Gasteiger partial charge in [0.05, 0.1) is 11.8 Å². The first kappa shape index (κ1) is 9.91. The monoisotopic (exact) mass is 192 g/mol. The van der Waals surface area contributed by atoms with Gasteiger partial charge in [-0.15, -0.1) is 0 Å². The molecule has 0 saturated heterocycles. The number of carboxylic acids is 1. The number of benzene rings is 1. The highest BCUT2D eigenvalue weighted by atomic mass is 16.4. The molecule has 0 spiro atoms. The van der Waals surface area contributed by atoms with Crippen molar-refractivity contribution >= 4 is 18.6 Å². The first-order valence-electron chi connectivity index (χ1n) is 3.80. The van der Waals surface area contributed by atoms with Crippen molar-refractivity contribution in [2.75, 3.05) is 0 Å². The molecule has 0 aliphatic rings. The second-order valence-electron chi connectivity index (χ2n) is 2.40. The van der Waals surface area contributed by atoms with E-state index in [2.05, 4.69) is 10.5 Å². The molecular formula is C9H8N2O3. The van der Waals surface area contributed by atoms with E-state index in [1.807, 2.05) is 0 Å². The fraction of sp³-hybridized carbons (Fsp3) is 0. The van der Waals surface area contributed by atoms with Crippen molar-refractivity contribution in [1.29, 1.82) is 0 Å². The van der Waals surface area contributed by atoms with Crippen LogP contribution in [0.4, 0.5) is 0 Å². The number of carbonyl (C=O) groups excluding carboxylic acids is 1. The first-order valence-corrected chi connectivity index (χ1v) is 3.80. The Morgan fingerprint density at radius 1 is 1.43 bits per heavy atom. The standard InChI is InChI=1S/C9H8N2O3/c12-6-11-10-5-7-3-1-2-4-8(7)9(13)14/h1-6H,(H,11,12)(H,13,14)/b10-5-. The summed E-state index contributed by atoms with van der Waals surface area (Å²) in [4.78, 5) is 20.6. The molecule has 0 aromatic heterocycles. The van der Waals surface area contributed by atoms with Gasteiger partial charge in [0.25, 0.3) is 0 Å². The number of hydrazone groups is 1. The van der Waals surface area contributed by atoms with Crippen LogP contribution in [0, 0.1) is 0 Å². The van der Waals surface area contributed by atoms with Crippen LogP contribution in [-0.4, -0.2) is 23.7 Å². The zero-order valence-corrected chi connectivity index (χ0v) is 7.18. The van der Waals surface area contributed by atoms with Crippen molar-refractivity contribution in [2.45, 2.75) is 0 Å². The van der Waals surface area contributed by atoms with Gasteiger partial charge in [-0.2, -0.15) is 5.10 Å². The highest BCUT2D eigenvalue weighted by molar-refractivity contribution is 5.98. The van der Waals surface area contributed by atoms with E-state index >= 15 is 0 Å². The van der Waals surface area contributed by atoms with E-state index in [0.29, 0.717) is 12.0 Å². The minimum atomic E-state index is -1.03. The quantitative estimate of drug-likeness (QED) is 0.413. The number of rotatable bonds is 4. The minimum Gasteiger partial charge on any atom is -0.478 e. The largest absolute Gasteiger partial charge is 0.478 e. The van der Waals surface area contributed by atoms with Gasteiger partial charge in [0, 0.05) is 5.56 Å². The summed E-state index contributed by atoms with van der Waals surface area (Å²) < 4.78 is 0. The number of hydrogen-bond donors (Lipinski definition) is 2. The Balaban J connectivity index is 2.95. The van der Waals surface area contributed by atoms with Crippen molar-refractivity contribution in [3.8, 4) is 0 Å². The van der Waals surface area contributed by atoms with Gasteiger partial charge in [-0.05, 0) is 6.07 Å². The van der Waals surface area contributed by atoms with E-state index in [9.17, 15) is 9.59 Å². The van der Waals surface area contributed by atoms with E-state index in [1.54, 1.807) is 18.2 Å². The summed E-state index contributed by atoms with van der Waals surface area (Å²) in [5.41, 5.74) is 2.64. The van der Waals surface area contributed by atoms with Crippen molar-refractivity contribution in [3.05, 3.63) is 35.4 Å². The molecule has 2 N–H and O–H groups in total. The minimum absolute atomic E-state index is 0.143. The van der Waals surface area contributed by atoms with Crippen LogP contribution in [0.5, 0.6) is 0 Å². The number of nitrogens with zero attached hydrogens (tertiary/aromatic N) is 1. The summed E-state index contributed by atoms with van der Waals surface area (Å²) in [6, 6.07) is 6.37. The van der Waals surface area contributed by atoms with Crippen molar-refractivity contribution in [2.24, 2.45) is 5.10 Å². The molecule has 0 fully saturated rings. The lowest BCUT2D eigenvalue weighted by molar-refractivity contribution is -0.109. The van der Waals surface area contributed by atoms with Crippen LogP contribution in [0.15, 0.2) is 29.4 Å². The highest BCUT2D eigenvalue weighted by Crippen LogP contribution is 2.05. The van der Waals surface area contributed by atoms with E-state index in [1.165, 1.54) is 12.3 Å². The van der Waals surface area contributed by atoms with Gasteiger partial charge in [0.1, 0.15) is 0 Å². The molecule has 5 heteroatoms. The molecular weight excluding hydrogens is 184 g/mol. The molecule has 0 atom stereocenters. The maximum atomic E-state index is 10.7. The van der Waals surface area contributed by atoms with E-state index in [4.69, 9.17) is 5.11 Å². The fourth-order valence-corrected chi connectivity index (χ4v) is 0.942. The molecule has 1 aromatic carbocycles. The predicted molar refractivity (Wildman–Crippen MR) is 50.2 cm³/mol. The van der Waals surface area contributed by atoms with Crippen LogP contribution in [0.1, 0.15) is 15.9 Å². The summed E-state index contributed by atoms with van der Waals surface area (Å²) in [6.07, 6.45) is 1.68. The van der Waals surface area contributed by atoms with Gasteiger partial charge >= 0.3 is 5.97 Å². The molecule has 0 radical (unpaired) electrons. The highest BCUT2D eigenvalue weighted by Gasteiger charge is 2.05. The Hall–Kier alpha value is -2.17. The SMILES string of the molecule is O=CN/N=C\c1ccccc1C(=O)O. The second kappa shape index (κ2) is 4.76. The summed E-state index contributed by atoms with van der Waals surface area (Å²) in [6.45, 7) is 0. The first-order chi connectivity index (χ1) is 6.75. The molecule has 0 saturated carbocycles. The number of carbonyl (C=O) groups is 2.